The van der Waals surface area contributed by atoms with E-state index in [0.29, 0.717) is 6.54 Å². The number of methoxy groups -OCH3 is 2. The van der Waals surface area contributed by atoms with E-state index < -0.39 is 5.97 Å². The van der Waals surface area contributed by atoms with Gasteiger partial charge in [-0.1, -0.05) is 0 Å². The van der Waals surface area contributed by atoms with Gasteiger partial charge in [0.05, 0.1) is 26.5 Å². The van der Waals surface area contributed by atoms with Crippen molar-refractivity contribution in [2.75, 3.05) is 14.2 Å². The van der Waals surface area contributed by atoms with Crippen LogP contribution in [0.1, 0.15) is 27.4 Å². The number of nitrogens with zero attached hydrogens (tertiary/aromatic N) is 4. The van der Waals surface area contributed by atoms with Gasteiger partial charge in [0.15, 0.2) is 0 Å². The Kier molecular flexibility index (Phi) is 3.97. The molecule has 20 heavy (non-hydrogen) atoms. The van der Waals surface area contributed by atoms with E-state index in [1.54, 1.807) is 13.3 Å². The van der Waals surface area contributed by atoms with Crippen LogP contribution in [-0.4, -0.2) is 39.9 Å². The van der Waals surface area contributed by atoms with Gasteiger partial charge in [0.1, 0.15) is 12.1 Å². The summed E-state index contributed by atoms with van der Waals surface area (Å²) in [6.45, 7) is 4.28. The van der Waals surface area contributed by atoms with Gasteiger partial charge < -0.3 is 9.47 Å². The molecule has 0 N–H and O–H groups in total. The second-order valence-corrected chi connectivity index (χ2v) is 4.30. The van der Waals surface area contributed by atoms with Crippen molar-refractivity contribution in [2.24, 2.45) is 0 Å². The normalized spacial score (nSPS) is 10.4. The molecule has 0 aliphatic heterocycles. The van der Waals surface area contributed by atoms with Crippen LogP contribution in [0.3, 0.4) is 0 Å². The van der Waals surface area contributed by atoms with Crippen molar-refractivity contribution in [3.05, 3.63) is 35.2 Å². The molecule has 7 nitrogen and oxygen atoms in total. The number of ether oxygens (including phenoxy) is 2. The maximum atomic E-state index is 11.3. The number of aryl methyl sites for hydroxylation is 1. The van der Waals surface area contributed by atoms with E-state index in [1.165, 1.54) is 18.1 Å². The Morgan fingerprint density at radius 1 is 1.30 bits per heavy atom. The fourth-order valence-electron chi connectivity index (χ4n) is 1.94. The average molecular weight is 276 g/mol. The first-order valence-electron chi connectivity index (χ1n) is 6.03. The predicted octanol–water partition coefficient (Wildman–Crippen LogP) is 1.13. The van der Waals surface area contributed by atoms with Crippen LogP contribution in [-0.2, 0) is 11.3 Å². The second kappa shape index (κ2) is 5.68. The summed E-state index contributed by atoms with van der Waals surface area (Å²) < 4.78 is 11.5. The van der Waals surface area contributed by atoms with Crippen LogP contribution in [0.25, 0.3) is 0 Å². The fraction of sp³-hybridized carbons (Fsp3) is 0.385. The van der Waals surface area contributed by atoms with E-state index in [4.69, 9.17) is 4.74 Å². The molecule has 106 valence electrons. The summed E-state index contributed by atoms with van der Waals surface area (Å²) in [6, 6.07) is 0. The number of carbonyl (C=O) groups is 1. The number of hydrogen-bond acceptors (Lipinski definition) is 6. The van der Waals surface area contributed by atoms with Crippen LogP contribution in [0.2, 0.25) is 0 Å². The second-order valence-electron chi connectivity index (χ2n) is 4.30. The van der Waals surface area contributed by atoms with Crippen molar-refractivity contribution in [1.29, 1.82) is 0 Å². The first-order valence-corrected chi connectivity index (χ1v) is 6.03. The van der Waals surface area contributed by atoms with Gasteiger partial charge in [-0.25, -0.2) is 14.5 Å². The van der Waals surface area contributed by atoms with Crippen molar-refractivity contribution in [2.45, 2.75) is 20.4 Å². The monoisotopic (exact) mass is 276 g/mol. The third kappa shape index (κ3) is 2.61. The predicted molar refractivity (Wildman–Crippen MR) is 70.7 cm³/mol. The van der Waals surface area contributed by atoms with Gasteiger partial charge in [-0.05, 0) is 13.8 Å². The highest BCUT2D eigenvalue weighted by Crippen LogP contribution is 2.24. The zero-order chi connectivity index (χ0) is 14.7. The van der Waals surface area contributed by atoms with Gasteiger partial charge in [0.25, 0.3) is 5.82 Å². The maximum absolute atomic E-state index is 11.3. The molecule has 0 spiro atoms. The topological polar surface area (TPSA) is 79.1 Å². The highest BCUT2D eigenvalue weighted by molar-refractivity contribution is 5.84. The molecule has 2 aromatic rings. The summed E-state index contributed by atoms with van der Waals surface area (Å²) in [4.78, 5) is 19.6. The van der Waals surface area contributed by atoms with E-state index >= 15 is 0 Å². The Morgan fingerprint density at radius 3 is 2.70 bits per heavy atom. The zero-order valence-electron chi connectivity index (χ0n) is 11.9. The fourth-order valence-corrected chi connectivity index (χ4v) is 1.94. The summed E-state index contributed by atoms with van der Waals surface area (Å²) in [5.41, 5.74) is 2.74. The zero-order valence-corrected chi connectivity index (χ0v) is 11.9. The quantitative estimate of drug-likeness (QED) is 0.779. The molecule has 0 unspecified atom stereocenters. The summed E-state index contributed by atoms with van der Waals surface area (Å²) in [5.74, 6) is 0.280. The Hall–Kier alpha value is -2.44. The summed E-state index contributed by atoms with van der Waals surface area (Å²) in [6.07, 6.45) is 3.22. The first kappa shape index (κ1) is 14.0. The molecule has 0 bridgehead atoms. The molecular weight excluding hydrogens is 260 g/mol. The van der Waals surface area contributed by atoms with E-state index in [-0.39, 0.29) is 5.82 Å². The lowest BCUT2D eigenvalue weighted by molar-refractivity contribution is 0.0586. The first-order chi connectivity index (χ1) is 9.56. The Morgan fingerprint density at radius 2 is 2.05 bits per heavy atom. The van der Waals surface area contributed by atoms with Gasteiger partial charge in [0.2, 0.25) is 0 Å². The van der Waals surface area contributed by atoms with Crippen molar-refractivity contribution in [3.8, 4) is 5.75 Å². The van der Waals surface area contributed by atoms with Gasteiger partial charge in [-0.3, -0.25) is 4.98 Å². The molecule has 0 atom stereocenters. The SMILES string of the molecule is COC(=O)c1ncn(Cc2ncc(C)c(OC)c2C)n1. The molecule has 0 aliphatic rings. The minimum Gasteiger partial charge on any atom is -0.496 e. The standard InChI is InChI=1S/C13H16N4O3/c1-8-5-14-10(9(2)11(8)19-3)6-17-7-15-12(16-17)13(18)20-4/h5,7H,6H2,1-4H3. The van der Waals surface area contributed by atoms with Crippen LogP contribution in [0.5, 0.6) is 5.75 Å². The van der Waals surface area contributed by atoms with Crippen LogP contribution < -0.4 is 4.74 Å². The van der Waals surface area contributed by atoms with Crippen LogP contribution >= 0.6 is 0 Å². The van der Waals surface area contributed by atoms with Crippen molar-refractivity contribution in [3.63, 3.8) is 0 Å². The smallest absolute Gasteiger partial charge is 0.377 e. The van der Waals surface area contributed by atoms with E-state index in [9.17, 15) is 4.79 Å². The number of esters is 1. The van der Waals surface area contributed by atoms with Crippen LogP contribution in [0.4, 0.5) is 0 Å². The molecule has 7 heteroatoms. The number of carbonyl (C=O) groups excluding carboxylic acids is 1. The van der Waals surface area contributed by atoms with Crippen LogP contribution in [0.15, 0.2) is 12.5 Å². The number of pyridine rings is 1. The summed E-state index contributed by atoms with van der Waals surface area (Å²) in [7, 11) is 2.92. The van der Waals surface area contributed by atoms with E-state index in [0.717, 1.165) is 22.6 Å². The highest BCUT2D eigenvalue weighted by Gasteiger charge is 2.14. The average Bonchev–Trinajstić information content (AvgIpc) is 2.90. The van der Waals surface area contributed by atoms with Gasteiger partial charge >= 0.3 is 5.97 Å². The molecule has 0 amide bonds. The van der Waals surface area contributed by atoms with Gasteiger partial charge in [-0.2, -0.15) is 0 Å². The molecule has 2 rings (SSSR count). The summed E-state index contributed by atoms with van der Waals surface area (Å²) in [5, 5.41) is 4.05. The minimum atomic E-state index is -0.560. The van der Waals surface area contributed by atoms with Gasteiger partial charge in [0, 0.05) is 17.3 Å². The molecular formula is C13H16N4O3. The van der Waals surface area contributed by atoms with E-state index in [2.05, 4.69) is 19.8 Å². The molecule has 0 aliphatic carbocycles. The number of aromatic nitrogens is 4. The third-order valence-electron chi connectivity index (χ3n) is 2.97. The largest absolute Gasteiger partial charge is 0.496 e. The van der Waals surface area contributed by atoms with Crippen molar-refractivity contribution in [1.82, 2.24) is 19.7 Å². The lowest BCUT2D eigenvalue weighted by Gasteiger charge is -2.11. The molecule has 0 aromatic carbocycles. The highest BCUT2D eigenvalue weighted by atomic mass is 16.5. The van der Waals surface area contributed by atoms with Gasteiger partial charge in [-0.15, -0.1) is 5.10 Å². The Labute approximate surface area is 116 Å². The third-order valence-corrected chi connectivity index (χ3v) is 2.97. The Bertz CT molecular complexity index is 637. The molecule has 0 saturated carbocycles. The lowest BCUT2D eigenvalue weighted by Crippen LogP contribution is -2.09. The number of rotatable bonds is 4. The lowest BCUT2D eigenvalue weighted by atomic mass is 10.1. The van der Waals surface area contributed by atoms with Crippen molar-refractivity contribution < 1.29 is 14.3 Å². The number of hydrogen-bond donors (Lipinski definition) is 0. The molecule has 2 aromatic heterocycles. The molecule has 0 fully saturated rings. The minimum absolute atomic E-state index is 0.0317. The maximum Gasteiger partial charge on any atom is 0.377 e. The Balaban J connectivity index is 2.26. The molecule has 0 saturated heterocycles. The molecule has 0 radical (unpaired) electrons. The van der Waals surface area contributed by atoms with Crippen molar-refractivity contribution >= 4 is 5.97 Å². The van der Waals surface area contributed by atoms with E-state index in [1.807, 2.05) is 13.8 Å². The molecule has 2 heterocycles. The van der Waals surface area contributed by atoms with Crippen LogP contribution in [0, 0.1) is 13.8 Å². The summed E-state index contributed by atoms with van der Waals surface area (Å²) >= 11 is 0.